The van der Waals surface area contributed by atoms with Crippen LogP contribution in [0.3, 0.4) is 0 Å². The lowest BCUT2D eigenvalue weighted by Crippen LogP contribution is -2.12. The van der Waals surface area contributed by atoms with Gasteiger partial charge in [-0.3, -0.25) is 20.9 Å². The molecule has 0 aliphatic rings. The van der Waals surface area contributed by atoms with E-state index in [1.165, 1.54) is 0 Å². The highest BCUT2D eigenvalue weighted by Crippen LogP contribution is 2.31. The van der Waals surface area contributed by atoms with Gasteiger partial charge < -0.3 is 10.7 Å². The van der Waals surface area contributed by atoms with Crippen molar-refractivity contribution in [3.63, 3.8) is 0 Å². The molecule has 0 bridgehead atoms. The molecular weight excluding hydrogens is 258 g/mol. The van der Waals surface area contributed by atoms with Crippen molar-refractivity contribution < 1.29 is 4.92 Å². The molecule has 104 valence electrons. The number of rotatable bonds is 6. The monoisotopic (exact) mass is 273 g/mol. The predicted molar refractivity (Wildman–Crippen MR) is 77.3 cm³/mol. The lowest BCUT2D eigenvalue weighted by Gasteiger charge is -2.09. The second kappa shape index (κ2) is 6.48. The van der Waals surface area contributed by atoms with Gasteiger partial charge >= 0.3 is 5.69 Å². The number of nitro groups is 1. The summed E-state index contributed by atoms with van der Waals surface area (Å²) in [6.07, 6.45) is 4.19. The van der Waals surface area contributed by atoms with Crippen LogP contribution in [0.4, 0.5) is 17.1 Å². The maximum atomic E-state index is 11.1. The van der Waals surface area contributed by atoms with Crippen molar-refractivity contribution in [2.45, 2.75) is 6.42 Å². The smallest absolute Gasteiger partial charge is 0.316 e. The summed E-state index contributed by atoms with van der Waals surface area (Å²) in [6.45, 7) is 0.582. The van der Waals surface area contributed by atoms with E-state index in [0.717, 1.165) is 12.0 Å². The molecule has 0 saturated heterocycles. The maximum absolute atomic E-state index is 11.1. The summed E-state index contributed by atoms with van der Waals surface area (Å²) < 4.78 is 0. The molecule has 7 heteroatoms. The average Bonchev–Trinajstić information content (AvgIpc) is 2.47. The molecule has 0 aliphatic carbocycles. The van der Waals surface area contributed by atoms with Crippen LogP contribution in [0.2, 0.25) is 0 Å². The zero-order valence-electron chi connectivity index (χ0n) is 10.7. The first-order chi connectivity index (χ1) is 9.72. The third kappa shape index (κ3) is 3.21. The molecular formula is C13H15N5O2. The molecule has 2 rings (SSSR count). The topological polar surface area (TPSA) is 106 Å². The highest BCUT2D eigenvalue weighted by atomic mass is 16.6. The van der Waals surface area contributed by atoms with E-state index in [9.17, 15) is 10.1 Å². The molecule has 0 amide bonds. The average molecular weight is 273 g/mol. The number of para-hydroxylation sites is 1. The number of hydrogen-bond acceptors (Lipinski definition) is 6. The van der Waals surface area contributed by atoms with Crippen LogP contribution < -0.4 is 16.6 Å². The van der Waals surface area contributed by atoms with Crippen LogP contribution in [0.25, 0.3) is 0 Å². The minimum atomic E-state index is -0.454. The number of nitrogens with one attached hydrogen (secondary N) is 2. The zero-order valence-corrected chi connectivity index (χ0v) is 10.7. The number of aromatic nitrogens is 1. The van der Waals surface area contributed by atoms with Gasteiger partial charge in [-0.05, 0) is 36.2 Å². The summed E-state index contributed by atoms with van der Waals surface area (Å²) in [7, 11) is 0. The van der Waals surface area contributed by atoms with Crippen molar-refractivity contribution in [3.05, 3.63) is 58.4 Å². The van der Waals surface area contributed by atoms with Crippen molar-refractivity contribution in [3.8, 4) is 0 Å². The van der Waals surface area contributed by atoms with E-state index in [4.69, 9.17) is 5.84 Å². The first-order valence-electron chi connectivity index (χ1n) is 6.09. The summed E-state index contributed by atoms with van der Waals surface area (Å²) in [4.78, 5) is 14.6. The quantitative estimate of drug-likeness (QED) is 0.422. The van der Waals surface area contributed by atoms with E-state index in [1.54, 1.807) is 30.6 Å². The third-order valence-corrected chi connectivity index (χ3v) is 2.85. The second-order valence-corrected chi connectivity index (χ2v) is 4.14. The number of benzene rings is 1. The Morgan fingerprint density at radius 3 is 2.55 bits per heavy atom. The Hall–Kier alpha value is -2.67. The molecule has 0 fully saturated rings. The van der Waals surface area contributed by atoms with Crippen molar-refractivity contribution in [2.75, 3.05) is 17.3 Å². The summed E-state index contributed by atoms with van der Waals surface area (Å²) in [5.74, 6) is 5.29. The number of pyridine rings is 1. The Balaban J connectivity index is 2.08. The van der Waals surface area contributed by atoms with Crippen molar-refractivity contribution >= 4 is 17.1 Å². The Morgan fingerprint density at radius 1 is 1.20 bits per heavy atom. The predicted octanol–water partition coefficient (Wildman–Crippen LogP) is 1.93. The van der Waals surface area contributed by atoms with E-state index in [-0.39, 0.29) is 11.4 Å². The van der Waals surface area contributed by atoms with Gasteiger partial charge in [0.05, 0.1) is 4.92 Å². The number of nitro benzene ring substituents is 1. The first kappa shape index (κ1) is 13.8. The van der Waals surface area contributed by atoms with E-state index in [0.29, 0.717) is 12.2 Å². The van der Waals surface area contributed by atoms with Gasteiger partial charge in [-0.25, -0.2) is 0 Å². The minimum absolute atomic E-state index is 0.0512. The van der Waals surface area contributed by atoms with Crippen molar-refractivity contribution in [1.29, 1.82) is 0 Å². The van der Waals surface area contributed by atoms with E-state index in [1.807, 2.05) is 12.1 Å². The summed E-state index contributed by atoms with van der Waals surface area (Å²) >= 11 is 0. The fourth-order valence-electron chi connectivity index (χ4n) is 1.89. The van der Waals surface area contributed by atoms with E-state index >= 15 is 0 Å². The fourth-order valence-corrected chi connectivity index (χ4v) is 1.89. The number of nitrogens with two attached hydrogens (primary N) is 1. The molecule has 1 aromatic carbocycles. The number of nitrogen functional groups attached to an aromatic ring is 1. The van der Waals surface area contributed by atoms with Crippen LogP contribution in [0.5, 0.6) is 0 Å². The molecule has 0 aliphatic heterocycles. The molecule has 20 heavy (non-hydrogen) atoms. The van der Waals surface area contributed by atoms with Gasteiger partial charge in [-0.1, -0.05) is 6.07 Å². The lowest BCUT2D eigenvalue weighted by molar-refractivity contribution is -0.383. The Labute approximate surface area is 116 Å². The molecule has 1 aromatic heterocycles. The van der Waals surface area contributed by atoms with Crippen LogP contribution in [0, 0.1) is 10.1 Å². The first-order valence-corrected chi connectivity index (χ1v) is 6.09. The van der Waals surface area contributed by atoms with Gasteiger partial charge in [0.1, 0.15) is 11.4 Å². The van der Waals surface area contributed by atoms with Gasteiger partial charge in [0.15, 0.2) is 0 Å². The van der Waals surface area contributed by atoms with Gasteiger partial charge in [-0.2, -0.15) is 0 Å². The molecule has 2 aromatic rings. The van der Waals surface area contributed by atoms with Gasteiger partial charge in [0.25, 0.3) is 0 Å². The maximum Gasteiger partial charge on any atom is 0.316 e. The molecule has 0 unspecified atom stereocenters. The molecule has 0 saturated carbocycles. The van der Waals surface area contributed by atoms with Gasteiger partial charge in [0, 0.05) is 18.9 Å². The van der Waals surface area contributed by atoms with Crippen molar-refractivity contribution in [1.82, 2.24) is 4.98 Å². The molecule has 4 N–H and O–H groups in total. The zero-order chi connectivity index (χ0) is 14.4. The number of nitrogens with zero attached hydrogens (tertiary/aromatic N) is 2. The fraction of sp³-hybridized carbons (Fsp3) is 0.154. The summed E-state index contributed by atoms with van der Waals surface area (Å²) in [6, 6.07) is 8.75. The number of anilines is 2. The Bertz CT molecular complexity index is 589. The lowest BCUT2D eigenvalue weighted by atomic mass is 10.2. The largest absolute Gasteiger partial charge is 0.379 e. The summed E-state index contributed by atoms with van der Waals surface area (Å²) in [5, 5.41) is 14.2. The van der Waals surface area contributed by atoms with Crippen LogP contribution >= 0.6 is 0 Å². The normalized spacial score (nSPS) is 10.1. The van der Waals surface area contributed by atoms with Crippen LogP contribution in [-0.2, 0) is 6.42 Å². The van der Waals surface area contributed by atoms with Crippen LogP contribution in [0.15, 0.2) is 42.7 Å². The SMILES string of the molecule is NNc1cccc(NCCc2ccncc2)c1[N+](=O)[O-]. The summed E-state index contributed by atoms with van der Waals surface area (Å²) in [5.41, 5.74) is 4.12. The van der Waals surface area contributed by atoms with Gasteiger partial charge in [0.2, 0.25) is 0 Å². The Morgan fingerprint density at radius 2 is 1.90 bits per heavy atom. The highest BCUT2D eigenvalue weighted by Gasteiger charge is 2.18. The van der Waals surface area contributed by atoms with E-state index < -0.39 is 4.92 Å². The van der Waals surface area contributed by atoms with Crippen LogP contribution in [0.1, 0.15) is 5.56 Å². The molecule has 7 nitrogen and oxygen atoms in total. The second-order valence-electron chi connectivity index (χ2n) is 4.14. The molecule has 0 spiro atoms. The number of hydrogen-bond donors (Lipinski definition) is 3. The molecule has 0 atom stereocenters. The van der Waals surface area contributed by atoms with Gasteiger partial charge in [-0.15, -0.1) is 0 Å². The highest BCUT2D eigenvalue weighted by molar-refractivity contribution is 5.75. The standard InChI is InChI=1S/C13H15N5O2/c14-17-12-3-1-2-11(13(12)18(19)20)16-9-6-10-4-7-15-8-5-10/h1-5,7-8,16-17H,6,9,14H2. The Kier molecular flexibility index (Phi) is 4.46. The third-order valence-electron chi connectivity index (χ3n) is 2.85. The van der Waals surface area contributed by atoms with E-state index in [2.05, 4.69) is 15.7 Å². The van der Waals surface area contributed by atoms with Crippen molar-refractivity contribution in [2.24, 2.45) is 5.84 Å². The molecule has 0 radical (unpaired) electrons. The minimum Gasteiger partial charge on any atom is -0.379 e. The van der Waals surface area contributed by atoms with Crippen LogP contribution in [-0.4, -0.2) is 16.5 Å². The molecule has 1 heterocycles. The number of hydrazine groups is 1.